The molecule has 1 aromatic heterocycles. The third-order valence-corrected chi connectivity index (χ3v) is 4.57. The molecule has 0 amide bonds. The van der Waals surface area contributed by atoms with Gasteiger partial charge in [0.1, 0.15) is 5.75 Å². The fourth-order valence-corrected chi connectivity index (χ4v) is 3.33. The zero-order valence-corrected chi connectivity index (χ0v) is 13.6. The number of halogens is 2. The molecule has 1 saturated heterocycles. The number of aryl methyl sites for hydroxylation is 1. The van der Waals surface area contributed by atoms with E-state index in [9.17, 15) is 8.78 Å². The van der Waals surface area contributed by atoms with Gasteiger partial charge in [-0.2, -0.15) is 0 Å². The third kappa shape index (κ3) is 3.48. The van der Waals surface area contributed by atoms with Crippen LogP contribution in [0.2, 0.25) is 0 Å². The highest BCUT2D eigenvalue weighted by Gasteiger charge is 2.21. The Balaban J connectivity index is 1.75. The summed E-state index contributed by atoms with van der Waals surface area (Å²) in [6, 6.07) is 4.13. The molecule has 0 atom stereocenters. The number of hydrogen-bond acceptors (Lipinski definition) is 3. The predicted molar refractivity (Wildman–Crippen MR) is 87.3 cm³/mol. The zero-order valence-electron chi connectivity index (χ0n) is 13.6. The van der Waals surface area contributed by atoms with Crippen molar-refractivity contribution in [2.45, 2.75) is 19.9 Å². The van der Waals surface area contributed by atoms with E-state index in [1.165, 1.54) is 5.39 Å². The largest absolute Gasteiger partial charge is 0.496 e. The number of alkyl halides is 2. The molecule has 1 aliphatic heterocycles. The van der Waals surface area contributed by atoms with E-state index in [-0.39, 0.29) is 6.54 Å². The maximum Gasteiger partial charge on any atom is 0.251 e. The van der Waals surface area contributed by atoms with E-state index in [0.717, 1.165) is 42.0 Å². The van der Waals surface area contributed by atoms with E-state index in [1.807, 2.05) is 11.1 Å². The van der Waals surface area contributed by atoms with Gasteiger partial charge in [0.15, 0.2) is 0 Å². The van der Waals surface area contributed by atoms with Crippen LogP contribution in [0.15, 0.2) is 18.3 Å². The van der Waals surface area contributed by atoms with Gasteiger partial charge in [-0.3, -0.25) is 9.80 Å². The highest BCUT2D eigenvalue weighted by molar-refractivity contribution is 5.88. The van der Waals surface area contributed by atoms with Crippen molar-refractivity contribution in [3.8, 4) is 5.75 Å². The summed E-state index contributed by atoms with van der Waals surface area (Å²) in [7, 11) is 1.69. The SMILES string of the molecule is COc1cc(C)c2[nH]ccc2c1CN1CCN(CC(F)F)CC1. The Morgan fingerprint density at radius 1 is 1.22 bits per heavy atom. The molecule has 23 heavy (non-hydrogen) atoms. The molecule has 2 heterocycles. The first-order valence-corrected chi connectivity index (χ1v) is 7.95. The van der Waals surface area contributed by atoms with Crippen molar-refractivity contribution < 1.29 is 13.5 Å². The normalized spacial score (nSPS) is 17.3. The molecule has 0 saturated carbocycles. The number of nitrogens with zero attached hydrogens (tertiary/aromatic N) is 2. The Kier molecular flexibility index (Phi) is 4.82. The van der Waals surface area contributed by atoms with Crippen LogP contribution < -0.4 is 4.74 Å². The van der Waals surface area contributed by atoms with Crippen LogP contribution in [-0.4, -0.2) is 61.0 Å². The molecule has 2 aromatic rings. The Morgan fingerprint density at radius 2 is 1.91 bits per heavy atom. The zero-order chi connectivity index (χ0) is 16.4. The molecule has 126 valence electrons. The summed E-state index contributed by atoms with van der Waals surface area (Å²) in [4.78, 5) is 7.42. The highest BCUT2D eigenvalue weighted by atomic mass is 19.3. The molecule has 0 unspecified atom stereocenters. The first-order valence-electron chi connectivity index (χ1n) is 7.95. The lowest BCUT2D eigenvalue weighted by Gasteiger charge is -2.34. The number of hydrogen-bond donors (Lipinski definition) is 1. The lowest BCUT2D eigenvalue weighted by molar-refractivity contribution is 0.0543. The highest BCUT2D eigenvalue weighted by Crippen LogP contribution is 2.31. The van der Waals surface area contributed by atoms with Gasteiger partial charge in [0.25, 0.3) is 6.43 Å². The number of benzene rings is 1. The Hall–Kier alpha value is -1.66. The van der Waals surface area contributed by atoms with Crippen LogP contribution in [0.4, 0.5) is 8.78 Å². The van der Waals surface area contributed by atoms with E-state index in [1.54, 1.807) is 7.11 Å². The predicted octanol–water partition coefficient (Wildman–Crippen LogP) is 2.87. The second-order valence-electron chi connectivity index (χ2n) is 6.11. The van der Waals surface area contributed by atoms with Gasteiger partial charge >= 0.3 is 0 Å². The summed E-state index contributed by atoms with van der Waals surface area (Å²) in [6.07, 6.45) is -0.306. The lowest BCUT2D eigenvalue weighted by atomic mass is 10.0. The van der Waals surface area contributed by atoms with Crippen LogP contribution in [0, 0.1) is 6.92 Å². The van der Waals surface area contributed by atoms with Crippen LogP contribution in [0.25, 0.3) is 10.9 Å². The van der Waals surface area contributed by atoms with Crippen LogP contribution in [0.1, 0.15) is 11.1 Å². The topological polar surface area (TPSA) is 31.5 Å². The molecule has 0 bridgehead atoms. The molecular formula is C17H23F2N3O. The minimum absolute atomic E-state index is 0.121. The van der Waals surface area contributed by atoms with Crippen LogP contribution in [-0.2, 0) is 6.54 Å². The average Bonchev–Trinajstić information content (AvgIpc) is 3.01. The van der Waals surface area contributed by atoms with Crippen molar-refractivity contribution in [2.24, 2.45) is 0 Å². The van der Waals surface area contributed by atoms with E-state index < -0.39 is 6.43 Å². The molecule has 4 nitrogen and oxygen atoms in total. The van der Waals surface area contributed by atoms with Gasteiger partial charge in [-0.25, -0.2) is 8.78 Å². The second kappa shape index (κ2) is 6.84. The number of fused-ring (bicyclic) bond motifs is 1. The molecule has 1 aromatic carbocycles. The van der Waals surface area contributed by atoms with Crippen molar-refractivity contribution in [1.82, 2.24) is 14.8 Å². The van der Waals surface area contributed by atoms with Crippen molar-refractivity contribution in [3.05, 3.63) is 29.5 Å². The first-order chi connectivity index (χ1) is 11.1. The second-order valence-corrected chi connectivity index (χ2v) is 6.11. The molecule has 0 aliphatic carbocycles. The molecule has 0 radical (unpaired) electrons. The summed E-state index contributed by atoms with van der Waals surface area (Å²) in [5.41, 5.74) is 3.46. The quantitative estimate of drug-likeness (QED) is 0.918. The number of ether oxygens (including phenoxy) is 1. The van der Waals surface area contributed by atoms with Crippen LogP contribution in [0.5, 0.6) is 5.75 Å². The Labute approximate surface area is 135 Å². The summed E-state index contributed by atoms with van der Waals surface area (Å²) < 4.78 is 30.5. The van der Waals surface area contributed by atoms with E-state index in [2.05, 4.69) is 28.9 Å². The number of methoxy groups -OCH3 is 1. The third-order valence-electron chi connectivity index (χ3n) is 4.57. The lowest BCUT2D eigenvalue weighted by Crippen LogP contribution is -2.47. The fraction of sp³-hybridized carbons (Fsp3) is 0.529. The molecule has 3 rings (SSSR count). The van der Waals surface area contributed by atoms with Gasteiger partial charge in [0.2, 0.25) is 0 Å². The summed E-state index contributed by atoms with van der Waals surface area (Å²) >= 11 is 0. The van der Waals surface area contributed by atoms with Crippen molar-refractivity contribution in [3.63, 3.8) is 0 Å². The minimum atomic E-state index is -2.25. The number of rotatable bonds is 5. The Bertz CT molecular complexity index is 663. The summed E-state index contributed by atoms with van der Waals surface area (Å²) in [5.74, 6) is 0.893. The first kappa shape index (κ1) is 16.2. The van der Waals surface area contributed by atoms with Gasteiger partial charge in [0.05, 0.1) is 13.7 Å². The smallest absolute Gasteiger partial charge is 0.251 e. The molecule has 6 heteroatoms. The molecular weight excluding hydrogens is 300 g/mol. The van der Waals surface area contributed by atoms with Crippen molar-refractivity contribution in [2.75, 3.05) is 39.8 Å². The van der Waals surface area contributed by atoms with Gasteiger partial charge in [0, 0.05) is 55.4 Å². The number of H-pyrrole nitrogens is 1. The summed E-state index contributed by atoms with van der Waals surface area (Å²) in [6.45, 7) is 5.70. The van der Waals surface area contributed by atoms with Crippen LogP contribution >= 0.6 is 0 Å². The van der Waals surface area contributed by atoms with Gasteiger partial charge in [-0.05, 0) is 24.6 Å². The maximum absolute atomic E-state index is 12.5. The number of nitrogens with one attached hydrogen (secondary N) is 1. The molecule has 1 aliphatic rings. The van der Waals surface area contributed by atoms with Gasteiger partial charge in [-0.15, -0.1) is 0 Å². The van der Waals surface area contributed by atoms with Crippen LogP contribution in [0.3, 0.4) is 0 Å². The molecule has 1 N–H and O–H groups in total. The van der Waals surface area contributed by atoms with E-state index in [4.69, 9.17) is 4.74 Å². The monoisotopic (exact) mass is 323 g/mol. The van der Waals surface area contributed by atoms with Crippen molar-refractivity contribution >= 4 is 10.9 Å². The van der Waals surface area contributed by atoms with Gasteiger partial charge in [-0.1, -0.05) is 0 Å². The van der Waals surface area contributed by atoms with E-state index >= 15 is 0 Å². The average molecular weight is 323 g/mol. The number of aromatic nitrogens is 1. The van der Waals surface area contributed by atoms with Crippen molar-refractivity contribution in [1.29, 1.82) is 0 Å². The molecule has 1 fully saturated rings. The standard InChI is InChI=1S/C17H23F2N3O/c1-12-9-15(23-2)14(13-3-4-20-17(12)13)10-21-5-7-22(8-6-21)11-16(18)19/h3-4,9,16,20H,5-8,10-11H2,1-2H3. The minimum Gasteiger partial charge on any atom is -0.496 e. The fourth-order valence-electron chi connectivity index (χ4n) is 3.33. The Morgan fingerprint density at radius 3 is 2.57 bits per heavy atom. The number of piperazine rings is 1. The maximum atomic E-state index is 12.5. The summed E-state index contributed by atoms with van der Waals surface area (Å²) in [5, 5.41) is 1.18. The van der Waals surface area contributed by atoms with Gasteiger partial charge < -0.3 is 9.72 Å². The number of aromatic amines is 1. The van der Waals surface area contributed by atoms with E-state index in [0.29, 0.717) is 13.1 Å². The molecule has 0 spiro atoms.